The number of halogens is 1. The maximum atomic E-state index is 12.1. The van der Waals surface area contributed by atoms with Gasteiger partial charge < -0.3 is 9.73 Å². The first-order chi connectivity index (χ1) is 12.0. The van der Waals surface area contributed by atoms with E-state index in [0.717, 1.165) is 15.5 Å². The Morgan fingerprint density at radius 2 is 2.12 bits per heavy atom. The molecule has 0 fully saturated rings. The number of rotatable bonds is 6. The quantitative estimate of drug-likeness (QED) is 0.593. The molecular formula is C17H16ClN3O2S2. The van der Waals surface area contributed by atoms with Crippen LogP contribution in [0.4, 0.5) is 5.13 Å². The number of hydrogen-bond acceptors (Lipinski definition) is 6. The Kier molecular flexibility index (Phi) is 5.78. The summed E-state index contributed by atoms with van der Waals surface area (Å²) in [6.45, 7) is 1.93. The van der Waals surface area contributed by atoms with Gasteiger partial charge in [0.25, 0.3) is 0 Å². The van der Waals surface area contributed by atoms with Gasteiger partial charge >= 0.3 is 0 Å². The van der Waals surface area contributed by atoms with Crippen LogP contribution in [0.5, 0.6) is 0 Å². The molecule has 0 bridgehead atoms. The number of carbonyl (C=O) groups excluding carboxylic acids is 1. The number of anilines is 1. The van der Waals surface area contributed by atoms with Crippen molar-refractivity contribution in [2.75, 3.05) is 11.6 Å². The largest absolute Gasteiger partial charge is 0.441 e. The number of nitrogens with one attached hydrogen (secondary N) is 1. The minimum Gasteiger partial charge on any atom is -0.441 e. The van der Waals surface area contributed by atoms with E-state index in [4.69, 9.17) is 16.0 Å². The van der Waals surface area contributed by atoms with Crippen molar-refractivity contribution in [3.05, 3.63) is 47.1 Å². The van der Waals surface area contributed by atoms with Crippen LogP contribution in [0, 0.1) is 6.92 Å². The van der Waals surface area contributed by atoms with Crippen molar-refractivity contribution in [1.82, 2.24) is 9.97 Å². The number of thiazole rings is 1. The molecule has 130 valence electrons. The molecule has 0 unspecified atom stereocenters. The van der Waals surface area contributed by atoms with Gasteiger partial charge in [-0.15, -0.1) is 11.8 Å². The number of thioether (sulfide) groups is 1. The molecule has 0 atom stereocenters. The van der Waals surface area contributed by atoms with Crippen LogP contribution in [-0.4, -0.2) is 22.1 Å². The molecule has 0 spiro atoms. The zero-order valence-corrected chi connectivity index (χ0v) is 16.1. The second-order valence-electron chi connectivity index (χ2n) is 5.27. The summed E-state index contributed by atoms with van der Waals surface area (Å²) in [4.78, 5) is 20.6. The van der Waals surface area contributed by atoms with E-state index in [2.05, 4.69) is 15.3 Å². The first-order valence-corrected chi connectivity index (χ1v) is 9.99. The minimum atomic E-state index is -0.104. The van der Waals surface area contributed by atoms with E-state index < -0.39 is 0 Å². The van der Waals surface area contributed by atoms with Crippen LogP contribution in [0.3, 0.4) is 0 Å². The normalized spacial score (nSPS) is 10.8. The summed E-state index contributed by atoms with van der Waals surface area (Å²) < 4.78 is 6.81. The van der Waals surface area contributed by atoms with Crippen molar-refractivity contribution in [2.45, 2.75) is 24.0 Å². The highest BCUT2D eigenvalue weighted by atomic mass is 35.5. The van der Waals surface area contributed by atoms with E-state index in [1.807, 2.05) is 25.3 Å². The topological polar surface area (TPSA) is 68.0 Å². The van der Waals surface area contributed by atoms with Gasteiger partial charge in [0.05, 0.1) is 16.1 Å². The predicted octanol–water partition coefficient (Wildman–Crippen LogP) is 5.05. The summed E-state index contributed by atoms with van der Waals surface area (Å²) in [5.41, 5.74) is 1.84. The fraction of sp³-hybridized carbons (Fsp3) is 0.235. The zero-order valence-electron chi connectivity index (χ0n) is 13.7. The fourth-order valence-corrected chi connectivity index (χ4v) is 3.95. The van der Waals surface area contributed by atoms with Crippen molar-refractivity contribution in [3.8, 4) is 11.3 Å². The first kappa shape index (κ1) is 18.0. The summed E-state index contributed by atoms with van der Waals surface area (Å²) in [6, 6.07) is 7.33. The SMILES string of the molecule is CSc1sc(NC(=O)CCc2ncc(-c3ccc(Cl)cc3)o2)nc1C. The van der Waals surface area contributed by atoms with Crippen LogP contribution in [-0.2, 0) is 11.2 Å². The molecule has 5 nitrogen and oxygen atoms in total. The molecule has 0 aliphatic carbocycles. The maximum Gasteiger partial charge on any atom is 0.226 e. The predicted molar refractivity (Wildman–Crippen MR) is 103 cm³/mol. The third kappa shape index (κ3) is 4.62. The van der Waals surface area contributed by atoms with Gasteiger partial charge in [0.2, 0.25) is 5.91 Å². The molecule has 25 heavy (non-hydrogen) atoms. The number of aromatic nitrogens is 2. The van der Waals surface area contributed by atoms with Crippen molar-refractivity contribution in [3.63, 3.8) is 0 Å². The molecule has 0 aliphatic heterocycles. The van der Waals surface area contributed by atoms with Gasteiger partial charge in [-0.3, -0.25) is 4.79 Å². The summed E-state index contributed by atoms with van der Waals surface area (Å²) in [5, 5.41) is 4.12. The molecule has 1 amide bonds. The van der Waals surface area contributed by atoms with Crippen LogP contribution in [0.2, 0.25) is 5.02 Å². The van der Waals surface area contributed by atoms with Crippen molar-refractivity contribution in [2.24, 2.45) is 0 Å². The molecule has 2 aromatic heterocycles. The Morgan fingerprint density at radius 1 is 1.36 bits per heavy atom. The van der Waals surface area contributed by atoms with E-state index in [0.29, 0.717) is 28.2 Å². The highest BCUT2D eigenvalue weighted by Crippen LogP contribution is 2.30. The van der Waals surface area contributed by atoms with Crippen LogP contribution >= 0.6 is 34.7 Å². The highest BCUT2D eigenvalue weighted by molar-refractivity contribution is 8.00. The van der Waals surface area contributed by atoms with Crippen molar-refractivity contribution in [1.29, 1.82) is 0 Å². The molecule has 1 aromatic carbocycles. The lowest BCUT2D eigenvalue weighted by Gasteiger charge is -2.00. The molecule has 0 radical (unpaired) electrons. The molecule has 3 rings (SSSR count). The first-order valence-electron chi connectivity index (χ1n) is 7.57. The zero-order chi connectivity index (χ0) is 17.8. The van der Waals surface area contributed by atoms with Gasteiger partial charge in [0, 0.05) is 23.4 Å². The third-order valence-electron chi connectivity index (χ3n) is 3.43. The third-order valence-corrected chi connectivity index (χ3v) is 5.97. The van der Waals surface area contributed by atoms with Crippen molar-refractivity contribution >= 4 is 45.7 Å². The summed E-state index contributed by atoms with van der Waals surface area (Å²) in [7, 11) is 0. The van der Waals surface area contributed by atoms with Crippen LogP contribution in [0.1, 0.15) is 18.0 Å². The number of aryl methyl sites for hydroxylation is 2. The summed E-state index contributed by atoms with van der Waals surface area (Å²) in [6.07, 6.45) is 4.37. The van der Waals surface area contributed by atoms with Crippen LogP contribution in [0.25, 0.3) is 11.3 Å². The van der Waals surface area contributed by atoms with Crippen LogP contribution < -0.4 is 5.32 Å². The Bertz CT molecular complexity index is 874. The average molecular weight is 394 g/mol. The number of carbonyl (C=O) groups is 1. The number of nitrogens with zero attached hydrogens (tertiary/aromatic N) is 2. The van der Waals surface area contributed by atoms with Gasteiger partial charge in [-0.05, 0) is 37.4 Å². The summed E-state index contributed by atoms with van der Waals surface area (Å²) in [5.74, 6) is 1.08. The summed E-state index contributed by atoms with van der Waals surface area (Å²) >= 11 is 8.99. The molecule has 3 aromatic rings. The Hall–Kier alpha value is -1.83. The van der Waals surface area contributed by atoms with Crippen molar-refractivity contribution < 1.29 is 9.21 Å². The van der Waals surface area contributed by atoms with Gasteiger partial charge in [-0.1, -0.05) is 22.9 Å². The molecule has 2 heterocycles. The van der Waals surface area contributed by atoms with E-state index in [-0.39, 0.29) is 12.3 Å². The Labute approximate surface area is 158 Å². The average Bonchev–Trinajstić information content (AvgIpc) is 3.20. The lowest BCUT2D eigenvalue weighted by atomic mass is 10.2. The molecule has 0 aliphatic rings. The fourth-order valence-electron chi connectivity index (χ4n) is 2.20. The molecule has 0 saturated carbocycles. The number of amides is 1. The number of benzene rings is 1. The van der Waals surface area contributed by atoms with E-state index in [1.165, 1.54) is 11.3 Å². The highest BCUT2D eigenvalue weighted by Gasteiger charge is 2.12. The Morgan fingerprint density at radius 3 is 2.80 bits per heavy atom. The van der Waals surface area contributed by atoms with Gasteiger partial charge in [-0.25, -0.2) is 9.97 Å². The van der Waals surface area contributed by atoms with Gasteiger partial charge in [0.1, 0.15) is 0 Å². The number of oxazole rings is 1. The maximum absolute atomic E-state index is 12.1. The standard InChI is InChI=1S/C17H16ClN3O2S2/c1-10-16(24-2)25-17(20-10)21-14(22)7-8-15-19-9-13(23-15)11-3-5-12(18)6-4-11/h3-6,9H,7-8H2,1-2H3,(H,20,21,22). The molecular weight excluding hydrogens is 378 g/mol. The monoisotopic (exact) mass is 393 g/mol. The lowest BCUT2D eigenvalue weighted by Crippen LogP contribution is -2.12. The second kappa shape index (κ2) is 8.03. The van der Waals surface area contributed by atoms with Crippen LogP contribution in [0.15, 0.2) is 39.1 Å². The Balaban J connectivity index is 1.56. The molecule has 1 N–H and O–H groups in total. The smallest absolute Gasteiger partial charge is 0.226 e. The van der Waals surface area contributed by atoms with Gasteiger partial charge in [0.15, 0.2) is 16.8 Å². The second-order valence-corrected chi connectivity index (χ2v) is 7.78. The van der Waals surface area contributed by atoms with E-state index in [9.17, 15) is 4.79 Å². The molecule has 8 heteroatoms. The number of hydrogen-bond donors (Lipinski definition) is 1. The lowest BCUT2D eigenvalue weighted by molar-refractivity contribution is -0.116. The van der Waals surface area contributed by atoms with Gasteiger partial charge in [-0.2, -0.15) is 0 Å². The van der Waals surface area contributed by atoms with E-state index >= 15 is 0 Å². The minimum absolute atomic E-state index is 0.104. The van der Waals surface area contributed by atoms with E-state index in [1.54, 1.807) is 30.1 Å². The molecule has 0 saturated heterocycles.